The Morgan fingerprint density at radius 1 is 1.30 bits per heavy atom. The molecule has 3 aromatic rings. The van der Waals surface area contributed by atoms with Gasteiger partial charge in [-0.25, -0.2) is 4.79 Å². The lowest BCUT2D eigenvalue weighted by molar-refractivity contribution is 0.0555. The van der Waals surface area contributed by atoms with Crippen molar-refractivity contribution in [3.63, 3.8) is 0 Å². The van der Waals surface area contributed by atoms with Gasteiger partial charge in [-0.15, -0.1) is 11.3 Å². The van der Waals surface area contributed by atoms with Crippen LogP contribution in [0.1, 0.15) is 22.2 Å². The number of fused-ring (bicyclic) bond motifs is 1. The van der Waals surface area contributed by atoms with Gasteiger partial charge in [-0.3, -0.25) is 4.79 Å². The SMILES string of the molecule is CC(O)(CNC(=O)c1cc2ccccc2oc1=O)c1cccs1. The van der Waals surface area contributed by atoms with Gasteiger partial charge in [0.15, 0.2) is 0 Å². The molecule has 0 aliphatic carbocycles. The number of hydrogen-bond donors (Lipinski definition) is 2. The lowest BCUT2D eigenvalue weighted by Crippen LogP contribution is -2.39. The predicted octanol–water partition coefficient (Wildman–Crippen LogP) is 2.49. The summed E-state index contributed by atoms with van der Waals surface area (Å²) in [5.74, 6) is -0.568. The summed E-state index contributed by atoms with van der Waals surface area (Å²) in [4.78, 5) is 24.9. The van der Waals surface area contributed by atoms with E-state index < -0.39 is 17.1 Å². The van der Waals surface area contributed by atoms with Gasteiger partial charge in [-0.1, -0.05) is 24.3 Å². The lowest BCUT2D eigenvalue weighted by Gasteiger charge is -2.22. The van der Waals surface area contributed by atoms with Gasteiger partial charge in [-0.2, -0.15) is 0 Å². The Labute approximate surface area is 136 Å². The number of rotatable bonds is 4. The van der Waals surface area contributed by atoms with E-state index in [1.54, 1.807) is 37.3 Å². The van der Waals surface area contributed by atoms with Crippen molar-refractivity contribution < 1.29 is 14.3 Å². The molecule has 23 heavy (non-hydrogen) atoms. The Hall–Kier alpha value is -2.44. The van der Waals surface area contributed by atoms with Gasteiger partial charge >= 0.3 is 5.63 Å². The molecule has 1 unspecified atom stereocenters. The maximum atomic E-state index is 12.2. The molecule has 2 aromatic heterocycles. The van der Waals surface area contributed by atoms with Gasteiger partial charge < -0.3 is 14.8 Å². The topological polar surface area (TPSA) is 79.5 Å². The van der Waals surface area contributed by atoms with Gasteiger partial charge in [0.2, 0.25) is 0 Å². The van der Waals surface area contributed by atoms with Crippen LogP contribution >= 0.6 is 11.3 Å². The first-order valence-corrected chi connectivity index (χ1v) is 7.93. The maximum Gasteiger partial charge on any atom is 0.349 e. The molecule has 5 nitrogen and oxygen atoms in total. The minimum Gasteiger partial charge on any atom is -0.422 e. The Morgan fingerprint density at radius 3 is 2.83 bits per heavy atom. The molecule has 1 amide bonds. The van der Waals surface area contributed by atoms with E-state index in [0.717, 1.165) is 4.88 Å². The molecule has 2 N–H and O–H groups in total. The first-order valence-electron chi connectivity index (χ1n) is 7.05. The van der Waals surface area contributed by atoms with E-state index in [4.69, 9.17) is 4.42 Å². The summed E-state index contributed by atoms with van der Waals surface area (Å²) in [5, 5.41) is 15.5. The Morgan fingerprint density at radius 2 is 2.09 bits per heavy atom. The molecule has 1 atom stereocenters. The van der Waals surface area contributed by atoms with Crippen LogP contribution in [0.25, 0.3) is 11.0 Å². The fraction of sp³-hybridized carbons (Fsp3) is 0.176. The number of nitrogens with one attached hydrogen (secondary N) is 1. The van der Waals surface area contributed by atoms with Crippen LogP contribution in [-0.2, 0) is 5.60 Å². The molecule has 2 heterocycles. The van der Waals surface area contributed by atoms with Crippen LogP contribution in [0.4, 0.5) is 0 Å². The Bertz CT molecular complexity index is 896. The largest absolute Gasteiger partial charge is 0.422 e. The van der Waals surface area contributed by atoms with Gasteiger partial charge in [0.05, 0.1) is 6.54 Å². The van der Waals surface area contributed by atoms with E-state index in [1.165, 1.54) is 17.4 Å². The van der Waals surface area contributed by atoms with Crippen LogP contribution < -0.4 is 10.9 Å². The number of amides is 1. The number of benzene rings is 1. The molecular formula is C17H15NO4S. The van der Waals surface area contributed by atoms with E-state index in [-0.39, 0.29) is 12.1 Å². The maximum absolute atomic E-state index is 12.2. The zero-order valence-electron chi connectivity index (χ0n) is 12.4. The molecule has 6 heteroatoms. The number of aliphatic hydroxyl groups is 1. The normalized spacial score (nSPS) is 13.7. The summed E-state index contributed by atoms with van der Waals surface area (Å²) in [5.41, 5.74) is -1.54. The number of hydrogen-bond acceptors (Lipinski definition) is 5. The van der Waals surface area contributed by atoms with Gasteiger partial charge in [0.25, 0.3) is 5.91 Å². The summed E-state index contributed by atoms with van der Waals surface area (Å²) < 4.78 is 5.14. The lowest BCUT2D eigenvalue weighted by atomic mass is 10.1. The fourth-order valence-electron chi connectivity index (χ4n) is 2.24. The molecule has 3 rings (SSSR count). The molecule has 0 saturated carbocycles. The average molecular weight is 329 g/mol. The monoisotopic (exact) mass is 329 g/mol. The third kappa shape index (κ3) is 3.18. The summed E-state index contributed by atoms with van der Waals surface area (Å²) in [6.07, 6.45) is 0. The van der Waals surface area contributed by atoms with Crippen molar-refractivity contribution in [2.24, 2.45) is 0 Å². The van der Waals surface area contributed by atoms with Crippen molar-refractivity contribution in [2.75, 3.05) is 6.54 Å². The fourth-order valence-corrected chi connectivity index (χ4v) is 3.03. The zero-order valence-corrected chi connectivity index (χ0v) is 13.2. The van der Waals surface area contributed by atoms with Crippen molar-refractivity contribution in [2.45, 2.75) is 12.5 Å². The summed E-state index contributed by atoms with van der Waals surface area (Å²) >= 11 is 1.40. The minimum atomic E-state index is -1.19. The molecule has 1 aromatic carbocycles. The molecule has 0 aliphatic rings. The summed E-state index contributed by atoms with van der Waals surface area (Å²) in [6.45, 7) is 1.61. The first-order chi connectivity index (χ1) is 11.0. The van der Waals surface area contributed by atoms with Crippen LogP contribution in [0, 0.1) is 0 Å². The van der Waals surface area contributed by atoms with Crippen molar-refractivity contribution in [3.8, 4) is 0 Å². The van der Waals surface area contributed by atoms with E-state index in [1.807, 2.05) is 11.4 Å². The van der Waals surface area contributed by atoms with Crippen molar-refractivity contribution in [1.29, 1.82) is 0 Å². The molecular weight excluding hydrogens is 314 g/mol. The molecule has 0 fully saturated rings. The van der Waals surface area contributed by atoms with Crippen molar-refractivity contribution >= 4 is 28.2 Å². The highest BCUT2D eigenvalue weighted by molar-refractivity contribution is 7.10. The highest BCUT2D eigenvalue weighted by Crippen LogP contribution is 2.24. The van der Waals surface area contributed by atoms with E-state index in [9.17, 15) is 14.7 Å². The molecule has 118 valence electrons. The predicted molar refractivity (Wildman–Crippen MR) is 88.7 cm³/mol. The van der Waals surface area contributed by atoms with Crippen molar-refractivity contribution in [1.82, 2.24) is 5.32 Å². The third-order valence-electron chi connectivity index (χ3n) is 3.53. The Balaban J connectivity index is 1.81. The number of carbonyl (C=O) groups is 1. The number of para-hydroxylation sites is 1. The van der Waals surface area contributed by atoms with Crippen LogP contribution in [0.3, 0.4) is 0 Å². The van der Waals surface area contributed by atoms with Gasteiger partial charge in [0.1, 0.15) is 16.7 Å². The smallest absolute Gasteiger partial charge is 0.349 e. The quantitative estimate of drug-likeness (QED) is 0.721. The Kier molecular flexibility index (Phi) is 4.02. The van der Waals surface area contributed by atoms with Crippen LogP contribution in [-0.4, -0.2) is 17.6 Å². The summed E-state index contributed by atoms with van der Waals surface area (Å²) in [6, 6.07) is 12.1. The van der Waals surface area contributed by atoms with Crippen LogP contribution in [0.15, 0.2) is 57.1 Å². The van der Waals surface area contributed by atoms with E-state index in [2.05, 4.69) is 5.32 Å². The second-order valence-electron chi connectivity index (χ2n) is 5.42. The highest BCUT2D eigenvalue weighted by atomic mass is 32.1. The van der Waals surface area contributed by atoms with Gasteiger partial charge in [0, 0.05) is 10.3 Å². The number of carbonyl (C=O) groups excluding carboxylic acids is 1. The molecule has 0 spiro atoms. The van der Waals surface area contributed by atoms with Crippen LogP contribution in [0.5, 0.6) is 0 Å². The second-order valence-corrected chi connectivity index (χ2v) is 6.37. The minimum absolute atomic E-state index is 0.00138. The second kappa shape index (κ2) is 5.98. The molecule has 0 radical (unpaired) electrons. The molecule has 0 saturated heterocycles. The summed E-state index contributed by atoms with van der Waals surface area (Å²) in [7, 11) is 0. The van der Waals surface area contributed by atoms with E-state index in [0.29, 0.717) is 11.0 Å². The number of thiophene rings is 1. The molecule has 0 bridgehead atoms. The average Bonchev–Trinajstić information content (AvgIpc) is 3.07. The van der Waals surface area contributed by atoms with Crippen LogP contribution in [0.2, 0.25) is 0 Å². The van der Waals surface area contributed by atoms with Gasteiger partial charge in [-0.05, 0) is 30.5 Å². The van der Waals surface area contributed by atoms with Crippen molar-refractivity contribution in [3.05, 3.63) is 68.7 Å². The zero-order chi connectivity index (χ0) is 16.4. The first kappa shape index (κ1) is 15.5. The highest BCUT2D eigenvalue weighted by Gasteiger charge is 2.25. The standard InChI is InChI=1S/C17H15NO4S/c1-17(21,14-7-4-8-23-14)10-18-15(19)12-9-11-5-2-3-6-13(11)22-16(12)20/h2-9,21H,10H2,1H3,(H,18,19). The third-order valence-corrected chi connectivity index (χ3v) is 4.65. The molecule has 0 aliphatic heterocycles. The van der Waals surface area contributed by atoms with E-state index >= 15 is 0 Å².